The Morgan fingerprint density at radius 2 is 2.00 bits per heavy atom. The predicted octanol–water partition coefficient (Wildman–Crippen LogP) is 2.17. The Morgan fingerprint density at radius 3 is 2.50 bits per heavy atom. The number of hydrogen-bond acceptors (Lipinski definition) is 3. The number of carboxylic acid groups (broad SMARTS) is 1. The van der Waals surface area contributed by atoms with Crippen molar-refractivity contribution in [3.63, 3.8) is 0 Å². The van der Waals surface area contributed by atoms with Crippen molar-refractivity contribution in [2.24, 2.45) is 0 Å². The molecule has 18 heavy (non-hydrogen) atoms. The lowest BCUT2D eigenvalue weighted by Gasteiger charge is -2.05. The van der Waals surface area contributed by atoms with Crippen molar-refractivity contribution >= 4 is 5.97 Å². The van der Waals surface area contributed by atoms with Gasteiger partial charge < -0.3 is 9.84 Å². The zero-order valence-corrected chi connectivity index (χ0v) is 8.96. The highest BCUT2D eigenvalue weighted by atomic mass is 19.3. The molecule has 1 aromatic carbocycles. The zero-order valence-electron chi connectivity index (χ0n) is 8.96. The molecule has 0 radical (unpaired) electrons. The fourth-order valence-electron chi connectivity index (χ4n) is 1.35. The second kappa shape index (κ2) is 4.82. The molecule has 0 bridgehead atoms. The first kappa shape index (κ1) is 12.0. The van der Waals surface area contributed by atoms with Gasteiger partial charge in [-0.05, 0) is 24.3 Å². The number of alkyl halides is 2. The third kappa shape index (κ3) is 2.62. The van der Waals surface area contributed by atoms with Crippen molar-refractivity contribution in [2.45, 2.75) is 6.61 Å². The van der Waals surface area contributed by atoms with Gasteiger partial charge in [0, 0.05) is 6.20 Å². The van der Waals surface area contributed by atoms with E-state index in [-0.39, 0.29) is 11.3 Å². The lowest BCUT2D eigenvalue weighted by Crippen LogP contribution is -2.02. The third-order valence-electron chi connectivity index (χ3n) is 2.16. The molecule has 1 heterocycles. The summed E-state index contributed by atoms with van der Waals surface area (Å²) in [5.74, 6) is -1.06. The van der Waals surface area contributed by atoms with Gasteiger partial charge in [0.15, 0.2) is 0 Å². The molecule has 2 rings (SSSR count). The molecule has 0 atom stereocenters. The van der Waals surface area contributed by atoms with Crippen LogP contribution in [0.1, 0.15) is 10.4 Å². The number of ether oxygens (including phenoxy) is 1. The molecule has 7 heteroatoms. The van der Waals surface area contributed by atoms with Gasteiger partial charge >= 0.3 is 12.6 Å². The van der Waals surface area contributed by atoms with E-state index in [1.807, 2.05) is 0 Å². The fraction of sp³-hybridized carbons (Fsp3) is 0.0909. The lowest BCUT2D eigenvalue weighted by atomic mass is 10.3. The predicted molar refractivity (Wildman–Crippen MR) is 57.2 cm³/mol. The summed E-state index contributed by atoms with van der Waals surface area (Å²) in [7, 11) is 0. The fourth-order valence-corrected chi connectivity index (χ4v) is 1.35. The van der Waals surface area contributed by atoms with Gasteiger partial charge in [0.25, 0.3) is 0 Å². The Bertz CT molecular complexity index is 552. The number of halogens is 2. The number of rotatable bonds is 4. The highest BCUT2D eigenvalue weighted by molar-refractivity contribution is 5.86. The van der Waals surface area contributed by atoms with Crippen LogP contribution in [0.15, 0.2) is 36.7 Å². The van der Waals surface area contributed by atoms with Crippen LogP contribution in [0.4, 0.5) is 8.78 Å². The minimum absolute atomic E-state index is 0.0272. The normalized spacial score (nSPS) is 10.6. The minimum atomic E-state index is -2.88. The molecule has 0 saturated heterocycles. The van der Waals surface area contributed by atoms with Crippen molar-refractivity contribution in [2.75, 3.05) is 0 Å². The van der Waals surface area contributed by atoms with Gasteiger partial charge in [-0.1, -0.05) is 0 Å². The molecule has 0 aliphatic rings. The second-order valence-corrected chi connectivity index (χ2v) is 3.35. The van der Waals surface area contributed by atoms with Crippen LogP contribution in [0.3, 0.4) is 0 Å². The van der Waals surface area contributed by atoms with E-state index in [9.17, 15) is 13.6 Å². The smallest absolute Gasteiger partial charge is 0.387 e. The van der Waals surface area contributed by atoms with Gasteiger partial charge in [-0.2, -0.15) is 13.9 Å². The molecule has 0 amide bonds. The Hall–Kier alpha value is -2.44. The van der Waals surface area contributed by atoms with E-state index in [0.29, 0.717) is 5.69 Å². The second-order valence-electron chi connectivity index (χ2n) is 3.35. The summed E-state index contributed by atoms with van der Waals surface area (Å²) in [5, 5.41) is 12.6. The van der Waals surface area contributed by atoms with Gasteiger partial charge in [0.2, 0.25) is 0 Å². The molecule has 2 aromatic rings. The number of aromatic nitrogens is 2. The molecular formula is C11H8F2N2O3. The van der Waals surface area contributed by atoms with Gasteiger partial charge in [-0.25, -0.2) is 9.48 Å². The number of nitrogens with zero attached hydrogens (tertiary/aromatic N) is 2. The Balaban J connectivity index is 2.20. The monoisotopic (exact) mass is 254 g/mol. The van der Waals surface area contributed by atoms with E-state index >= 15 is 0 Å². The van der Waals surface area contributed by atoms with Crippen LogP contribution < -0.4 is 4.74 Å². The summed E-state index contributed by atoms with van der Waals surface area (Å²) in [6.45, 7) is -2.88. The van der Waals surface area contributed by atoms with Crippen molar-refractivity contribution < 1.29 is 23.4 Å². The Kier molecular flexibility index (Phi) is 3.22. The number of aromatic carboxylic acids is 1. The van der Waals surface area contributed by atoms with Crippen molar-refractivity contribution in [3.8, 4) is 11.4 Å². The number of hydrogen-bond donors (Lipinski definition) is 1. The molecule has 0 saturated carbocycles. The van der Waals surface area contributed by atoms with E-state index in [1.54, 1.807) is 0 Å². The summed E-state index contributed by atoms with van der Waals surface area (Å²) < 4.78 is 29.4. The number of benzene rings is 1. The van der Waals surface area contributed by atoms with Crippen LogP contribution in [-0.2, 0) is 0 Å². The van der Waals surface area contributed by atoms with Crippen molar-refractivity contribution in [3.05, 3.63) is 42.2 Å². The average molecular weight is 254 g/mol. The van der Waals surface area contributed by atoms with Crippen LogP contribution in [0.5, 0.6) is 5.75 Å². The van der Waals surface area contributed by atoms with Crippen molar-refractivity contribution in [1.29, 1.82) is 0 Å². The molecule has 0 aliphatic heterocycles. The zero-order chi connectivity index (χ0) is 13.1. The lowest BCUT2D eigenvalue weighted by molar-refractivity contribution is -0.0498. The highest BCUT2D eigenvalue weighted by Crippen LogP contribution is 2.17. The summed E-state index contributed by atoms with van der Waals surface area (Å²) in [5.41, 5.74) is 0.590. The summed E-state index contributed by atoms with van der Waals surface area (Å²) in [4.78, 5) is 10.7. The van der Waals surface area contributed by atoms with E-state index in [1.165, 1.54) is 41.3 Å². The topological polar surface area (TPSA) is 64.3 Å². The minimum Gasteiger partial charge on any atom is -0.478 e. The van der Waals surface area contributed by atoms with E-state index in [2.05, 4.69) is 9.84 Å². The van der Waals surface area contributed by atoms with E-state index in [0.717, 1.165) is 0 Å². The maximum Gasteiger partial charge on any atom is 0.387 e. The van der Waals surface area contributed by atoms with Crippen LogP contribution in [0.2, 0.25) is 0 Å². The quantitative estimate of drug-likeness (QED) is 0.908. The van der Waals surface area contributed by atoms with Gasteiger partial charge in [-0.3, -0.25) is 0 Å². The van der Waals surface area contributed by atoms with Gasteiger partial charge in [0.1, 0.15) is 5.75 Å². The SMILES string of the molecule is O=C(O)c1cnn(-c2ccc(OC(F)F)cc2)c1. The number of carboxylic acids is 1. The molecule has 1 aromatic heterocycles. The van der Waals surface area contributed by atoms with Crippen molar-refractivity contribution in [1.82, 2.24) is 9.78 Å². The van der Waals surface area contributed by atoms with Gasteiger partial charge in [-0.15, -0.1) is 0 Å². The van der Waals surface area contributed by atoms with E-state index in [4.69, 9.17) is 5.11 Å². The first-order chi connectivity index (χ1) is 8.56. The van der Waals surface area contributed by atoms with Crippen LogP contribution in [-0.4, -0.2) is 27.5 Å². The first-order valence-electron chi connectivity index (χ1n) is 4.89. The summed E-state index contributed by atoms with van der Waals surface area (Å²) >= 11 is 0. The molecule has 5 nitrogen and oxygen atoms in total. The molecule has 0 spiro atoms. The molecular weight excluding hydrogens is 246 g/mol. The summed E-state index contributed by atoms with van der Waals surface area (Å²) in [6, 6.07) is 5.69. The average Bonchev–Trinajstić information content (AvgIpc) is 2.78. The molecule has 0 fully saturated rings. The van der Waals surface area contributed by atoms with Crippen LogP contribution in [0.25, 0.3) is 5.69 Å². The Morgan fingerprint density at radius 1 is 1.33 bits per heavy atom. The van der Waals surface area contributed by atoms with E-state index < -0.39 is 12.6 Å². The first-order valence-corrected chi connectivity index (χ1v) is 4.89. The molecule has 94 valence electrons. The third-order valence-corrected chi connectivity index (χ3v) is 2.16. The molecule has 0 unspecified atom stereocenters. The number of carbonyl (C=O) groups is 1. The molecule has 1 N–H and O–H groups in total. The van der Waals surface area contributed by atoms with Crippen LogP contribution in [0, 0.1) is 0 Å². The standard InChI is InChI=1S/C11H8F2N2O3/c12-11(13)18-9-3-1-8(2-4-9)15-6-7(5-14-15)10(16)17/h1-6,11H,(H,16,17). The van der Waals surface area contributed by atoms with Gasteiger partial charge in [0.05, 0.1) is 17.4 Å². The summed E-state index contributed by atoms with van der Waals surface area (Å²) in [6.07, 6.45) is 2.53. The van der Waals surface area contributed by atoms with Crippen LogP contribution >= 0.6 is 0 Å². The largest absolute Gasteiger partial charge is 0.478 e. The highest BCUT2D eigenvalue weighted by Gasteiger charge is 2.08. The Labute approximate surface area is 100 Å². The maximum absolute atomic E-state index is 11.9. The maximum atomic E-state index is 11.9. The molecule has 0 aliphatic carbocycles.